The van der Waals surface area contributed by atoms with E-state index in [1.54, 1.807) is 7.11 Å². The number of aryl methyl sites for hydroxylation is 1. The maximum absolute atomic E-state index is 12.4. The first-order chi connectivity index (χ1) is 9.61. The van der Waals surface area contributed by atoms with Crippen molar-refractivity contribution in [1.29, 1.82) is 0 Å². The molecule has 1 N–H and O–H groups in total. The summed E-state index contributed by atoms with van der Waals surface area (Å²) in [6.45, 7) is 5.74. The molecule has 1 saturated heterocycles. The van der Waals surface area contributed by atoms with Gasteiger partial charge in [-0.3, -0.25) is 4.79 Å². The number of amides is 1. The Bertz CT molecular complexity index is 468. The zero-order chi connectivity index (χ0) is 14.5. The third-order valence-corrected chi connectivity index (χ3v) is 3.84. The maximum Gasteiger partial charge on any atom is 0.244 e. The number of ether oxygens (including phenoxy) is 1. The van der Waals surface area contributed by atoms with Gasteiger partial charge in [-0.2, -0.15) is 0 Å². The molecule has 1 aromatic carbocycles. The number of carbonyl (C=O) groups excluding carboxylic acids is 1. The van der Waals surface area contributed by atoms with Crippen LogP contribution in [-0.4, -0.2) is 37.0 Å². The van der Waals surface area contributed by atoms with Crippen LogP contribution in [0.5, 0.6) is 5.75 Å². The van der Waals surface area contributed by atoms with E-state index in [0.29, 0.717) is 0 Å². The maximum atomic E-state index is 12.4. The fourth-order valence-electron chi connectivity index (χ4n) is 2.61. The van der Waals surface area contributed by atoms with Gasteiger partial charge in [0.1, 0.15) is 11.8 Å². The molecule has 1 aliphatic rings. The van der Waals surface area contributed by atoms with E-state index in [1.807, 2.05) is 36.9 Å². The highest BCUT2D eigenvalue weighted by molar-refractivity contribution is 5.84. The zero-order valence-electron chi connectivity index (χ0n) is 12.6. The van der Waals surface area contributed by atoms with E-state index in [0.717, 1.165) is 42.9 Å². The van der Waals surface area contributed by atoms with Gasteiger partial charge in [0.2, 0.25) is 5.91 Å². The summed E-state index contributed by atoms with van der Waals surface area (Å²) in [7, 11) is 1.66. The van der Waals surface area contributed by atoms with Gasteiger partial charge in [0.25, 0.3) is 0 Å². The third kappa shape index (κ3) is 3.44. The van der Waals surface area contributed by atoms with Gasteiger partial charge in [-0.15, -0.1) is 0 Å². The highest BCUT2D eigenvalue weighted by Crippen LogP contribution is 2.22. The molecule has 1 fully saturated rings. The molecule has 2 rings (SSSR count). The van der Waals surface area contributed by atoms with Crippen LogP contribution >= 0.6 is 0 Å². The summed E-state index contributed by atoms with van der Waals surface area (Å²) < 4.78 is 5.19. The number of carbonyl (C=O) groups is 1. The lowest BCUT2D eigenvalue weighted by molar-refractivity contribution is -0.132. The van der Waals surface area contributed by atoms with Gasteiger partial charge >= 0.3 is 0 Å². The van der Waals surface area contributed by atoms with Crippen molar-refractivity contribution in [2.45, 2.75) is 39.2 Å². The number of rotatable bonds is 4. The minimum absolute atomic E-state index is 0.194. The quantitative estimate of drug-likeness (QED) is 0.919. The van der Waals surface area contributed by atoms with E-state index < -0.39 is 0 Å². The molecule has 0 saturated carbocycles. The van der Waals surface area contributed by atoms with Crippen molar-refractivity contribution < 1.29 is 9.53 Å². The molecule has 0 aliphatic carbocycles. The van der Waals surface area contributed by atoms with Crippen molar-refractivity contribution >= 4 is 11.6 Å². The molecule has 1 amide bonds. The summed E-state index contributed by atoms with van der Waals surface area (Å²) in [5, 5.41) is 3.31. The Morgan fingerprint density at radius 2 is 2.00 bits per heavy atom. The van der Waals surface area contributed by atoms with Gasteiger partial charge in [-0.05, 0) is 56.9 Å². The number of nitrogens with one attached hydrogen (secondary N) is 1. The first kappa shape index (κ1) is 14.7. The summed E-state index contributed by atoms with van der Waals surface area (Å²) in [4.78, 5) is 14.3. The Morgan fingerprint density at radius 1 is 1.30 bits per heavy atom. The zero-order valence-corrected chi connectivity index (χ0v) is 12.6. The first-order valence-corrected chi connectivity index (χ1v) is 7.32. The molecule has 0 bridgehead atoms. The Labute approximate surface area is 121 Å². The van der Waals surface area contributed by atoms with Crippen LogP contribution in [0.1, 0.15) is 31.7 Å². The van der Waals surface area contributed by atoms with Crippen LogP contribution in [0.3, 0.4) is 0 Å². The highest BCUT2D eigenvalue weighted by Gasteiger charge is 2.22. The predicted octanol–water partition coefficient (Wildman–Crippen LogP) is 2.82. The topological polar surface area (TPSA) is 41.6 Å². The molecule has 1 unspecified atom stereocenters. The monoisotopic (exact) mass is 276 g/mol. The lowest BCUT2D eigenvalue weighted by Gasteiger charge is -2.30. The van der Waals surface area contributed by atoms with Gasteiger partial charge in [0.15, 0.2) is 0 Å². The van der Waals surface area contributed by atoms with Crippen molar-refractivity contribution in [1.82, 2.24) is 4.90 Å². The Kier molecular flexibility index (Phi) is 4.88. The van der Waals surface area contributed by atoms with Crippen molar-refractivity contribution in [2.75, 3.05) is 25.5 Å². The third-order valence-electron chi connectivity index (χ3n) is 3.84. The molecule has 0 aromatic heterocycles. The Balaban J connectivity index is 1.99. The van der Waals surface area contributed by atoms with Crippen LogP contribution in [0, 0.1) is 6.92 Å². The number of likely N-dealkylation sites (tertiary alicyclic amines) is 1. The van der Waals surface area contributed by atoms with Gasteiger partial charge in [-0.25, -0.2) is 0 Å². The van der Waals surface area contributed by atoms with Gasteiger partial charge in [0.05, 0.1) is 7.11 Å². The summed E-state index contributed by atoms with van der Waals surface area (Å²) >= 11 is 0. The average molecular weight is 276 g/mol. The van der Waals surface area contributed by atoms with E-state index in [2.05, 4.69) is 5.32 Å². The van der Waals surface area contributed by atoms with E-state index in [-0.39, 0.29) is 11.9 Å². The normalized spacial score (nSPS) is 16.6. The summed E-state index contributed by atoms with van der Waals surface area (Å²) in [5.74, 6) is 1.03. The van der Waals surface area contributed by atoms with Gasteiger partial charge in [-0.1, -0.05) is 0 Å². The molecule has 1 heterocycles. The number of anilines is 1. The van der Waals surface area contributed by atoms with E-state index >= 15 is 0 Å². The van der Waals surface area contributed by atoms with E-state index in [4.69, 9.17) is 4.74 Å². The summed E-state index contributed by atoms with van der Waals surface area (Å²) in [6, 6.07) is 5.65. The number of hydrogen-bond acceptors (Lipinski definition) is 3. The van der Waals surface area contributed by atoms with E-state index in [9.17, 15) is 4.79 Å². The highest BCUT2D eigenvalue weighted by atomic mass is 16.5. The summed E-state index contributed by atoms with van der Waals surface area (Å²) in [6.07, 6.45) is 3.49. The molecule has 4 heteroatoms. The smallest absolute Gasteiger partial charge is 0.244 e. The number of nitrogens with zero attached hydrogens (tertiary/aromatic N) is 1. The van der Waals surface area contributed by atoms with Crippen molar-refractivity contribution in [3.63, 3.8) is 0 Å². The molecule has 1 aliphatic heterocycles. The molecule has 1 atom stereocenters. The second-order valence-corrected chi connectivity index (χ2v) is 5.43. The second kappa shape index (κ2) is 6.64. The van der Waals surface area contributed by atoms with Crippen LogP contribution < -0.4 is 10.1 Å². The van der Waals surface area contributed by atoms with Crippen LogP contribution in [0.2, 0.25) is 0 Å². The molecule has 4 nitrogen and oxygen atoms in total. The number of piperidine rings is 1. The van der Waals surface area contributed by atoms with Crippen molar-refractivity contribution in [3.8, 4) is 5.75 Å². The number of hydrogen-bond donors (Lipinski definition) is 1. The lowest BCUT2D eigenvalue weighted by Crippen LogP contribution is -2.43. The second-order valence-electron chi connectivity index (χ2n) is 5.43. The minimum Gasteiger partial charge on any atom is -0.497 e. The molecular formula is C16H24N2O2. The number of methoxy groups -OCH3 is 1. The Morgan fingerprint density at radius 3 is 2.60 bits per heavy atom. The van der Waals surface area contributed by atoms with Crippen LogP contribution in [0.25, 0.3) is 0 Å². The Hall–Kier alpha value is -1.71. The van der Waals surface area contributed by atoms with Crippen molar-refractivity contribution in [2.24, 2.45) is 0 Å². The predicted molar refractivity (Wildman–Crippen MR) is 81.2 cm³/mol. The van der Waals surface area contributed by atoms with Gasteiger partial charge < -0.3 is 15.0 Å². The molecule has 0 spiro atoms. The van der Waals surface area contributed by atoms with Crippen molar-refractivity contribution in [3.05, 3.63) is 23.8 Å². The fraction of sp³-hybridized carbons (Fsp3) is 0.562. The standard InChI is InChI=1S/C16H24N2O2/c1-12-11-14(20-3)7-8-15(12)17-13(2)16(19)18-9-5-4-6-10-18/h7-8,11,13,17H,4-6,9-10H2,1-3H3. The molecule has 0 radical (unpaired) electrons. The molecule has 1 aromatic rings. The van der Waals surface area contributed by atoms with Crippen LogP contribution in [-0.2, 0) is 4.79 Å². The first-order valence-electron chi connectivity index (χ1n) is 7.32. The average Bonchev–Trinajstić information content (AvgIpc) is 2.49. The largest absolute Gasteiger partial charge is 0.497 e. The van der Waals surface area contributed by atoms with Crippen LogP contribution in [0.4, 0.5) is 5.69 Å². The SMILES string of the molecule is COc1ccc(NC(C)C(=O)N2CCCCC2)c(C)c1. The fourth-order valence-corrected chi connectivity index (χ4v) is 2.61. The van der Waals surface area contributed by atoms with E-state index in [1.165, 1.54) is 6.42 Å². The molecule has 20 heavy (non-hydrogen) atoms. The summed E-state index contributed by atoms with van der Waals surface area (Å²) in [5.41, 5.74) is 2.08. The lowest BCUT2D eigenvalue weighted by atomic mass is 10.1. The van der Waals surface area contributed by atoms with Gasteiger partial charge in [0, 0.05) is 18.8 Å². The van der Waals surface area contributed by atoms with Crippen LogP contribution in [0.15, 0.2) is 18.2 Å². The number of benzene rings is 1. The molecular weight excluding hydrogens is 252 g/mol. The molecule has 110 valence electrons. The minimum atomic E-state index is -0.194.